The van der Waals surface area contributed by atoms with Gasteiger partial charge in [-0.05, 0) is 24.5 Å². The van der Waals surface area contributed by atoms with Gasteiger partial charge in [0.15, 0.2) is 0 Å². The molecule has 0 aliphatic heterocycles. The first-order chi connectivity index (χ1) is 10.7. The number of aryl methyl sites for hydroxylation is 1. The zero-order valence-electron chi connectivity index (χ0n) is 12.7. The van der Waals surface area contributed by atoms with Crippen LogP contribution in [0.3, 0.4) is 0 Å². The number of nitrogens with zero attached hydrogens (tertiary/aromatic N) is 1. The minimum atomic E-state index is -0.0444. The number of nitrogens with one attached hydrogen (secondary N) is 1. The van der Waals surface area contributed by atoms with Gasteiger partial charge in [0.05, 0.1) is 11.6 Å². The average molecular weight is 321 g/mol. The van der Waals surface area contributed by atoms with Crippen LogP contribution in [0, 0.1) is 0 Å². The third kappa shape index (κ3) is 4.90. The summed E-state index contributed by atoms with van der Waals surface area (Å²) in [4.78, 5) is 17.2. The van der Waals surface area contributed by atoms with Gasteiger partial charge >= 0.3 is 0 Å². The molecule has 0 spiro atoms. The number of ether oxygens (including phenoxy) is 1. The second kappa shape index (κ2) is 8.61. The highest BCUT2D eigenvalue weighted by molar-refractivity contribution is 6.30. The number of carbonyl (C=O) groups excluding carboxylic acids is 1. The van der Waals surface area contributed by atoms with Gasteiger partial charge in [-0.2, -0.15) is 0 Å². The number of aromatic amines is 1. The first-order valence-electron chi connectivity index (χ1n) is 7.37. The molecule has 1 N–H and O–H groups in total. The Labute approximate surface area is 136 Å². The standard InChI is InChI=1S/C17H21ClN2O2/c1-22-11-10-20(17(21)16-12-15(18)13-19-16)9-5-8-14-6-3-2-4-7-14/h2-4,6-7,12-13,19H,5,8-11H2,1H3. The summed E-state index contributed by atoms with van der Waals surface area (Å²) in [5, 5.41) is 0.541. The van der Waals surface area contributed by atoms with Gasteiger partial charge in [0.2, 0.25) is 0 Å². The molecular weight excluding hydrogens is 300 g/mol. The topological polar surface area (TPSA) is 45.3 Å². The highest BCUT2D eigenvalue weighted by atomic mass is 35.5. The number of hydrogen-bond acceptors (Lipinski definition) is 2. The Hall–Kier alpha value is -1.78. The Morgan fingerprint density at radius 1 is 1.27 bits per heavy atom. The normalized spacial score (nSPS) is 10.6. The molecule has 0 atom stereocenters. The maximum absolute atomic E-state index is 12.5. The van der Waals surface area contributed by atoms with E-state index < -0.39 is 0 Å². The third-order valence-electron chi connectivity index (χ3n) is 3.47. The van der Waals surface area contributed by atoms with E-state index in [2.05, 4.69) is 17.1 Å². The third-order valence-corrected chi connectivity index (χ3v) is 3.69. The lowest BCUT2D eigenvalue weighted by Crippen LogP contribution is -2.35. The Morgan fingerprint density at radius 3 is 2.68 bits per heavy atom. The fourth-order valence-corrected chi connectivity index (χ4v) is 2.46. The van der Waals surface area contributed by atoms with Crippen molar-refractivity contribution >= 4 is 17.5 Å². The molecule has 4 nitrogen and oxygen atoms in total. The van der Waals surface area contributed by atoms with Crippen molar-refractivity contribution in [1.29, 1.82) is 0 Å². The molecule has 0 bridgehead atoms. The molecule has 0 aliphatic carbocycles. The molecule has 1 amide bonds. The predicted octanol–water partition coefficient (Wildman–Crippen LogP) is 3.39. The number of benzene rings is 1. The summed E-state index contributed by atoms with van der Waals surface area (Å²) in [5.41, 5.74) is 1.80. The molecule has 0 aliphatic rings. The van der Waals surface area contributed by atoms with E-state index in [4.69, 9.17) is 16.3 Å². The summed E-state index contributed by atoms with van der Waals surface area (Å²) in [7, 11) is 1.64. The molecule has 118 valence electrons. The van der Waals surface area contributed by atoms with Crippen molar-refractivity contribution in [3.05, 3.63) is 58.9 Å². The van der Waals surface area contributed by atoms with Crippen molar-refractivity contribution in [2.45, 2.75) is 12.8 Å². The molecule has 0 fully saturated rings. The van der Waals surface area contributed by atoms with E-state index in [9.17, 15) is 4.79 Å². The lowest BCUT2D eigenvalue weighted by Gasteiger charge is -2.21. The maximum Gasteiger partial charge on any atom is 0.270 e. The molecule has 0 saturated heterocycles. The number of aromatic nitrogens is 1. The lowest BCUT2D eigenvalue weighted by atomic mass is 10.1. The fraction of sp³-hybridized carbons (Fsp3) is 0.353. The second-order valence-corrected chi connectivity index (χ2v) is 5.54. The number of halogens is 1. The molecule has 22 heavy (non-hydrogen) atoms. The van der Waals surface area contributed by atoms with Crippen LogP contribution in [-0.2, 0) is 11.2 Å². The van der Waals surface area contributed by atoms with E-state index in [1.807, 2.05) is 18.2 Å². The number of rotatable bonds is 8. The smallest absolute Gasteiger partial charge is 0.270 e. The molecule has 1 heterocycles. The van der Waals surface area contributed by atoms with Gasteiger partial charge in [-0.25, -0.2) is 0 Å². The van der Waals surface area contributed by atoms with E-state index >= 15 is 0 Å². The zero-order chi connectivity index (χ0) is 15.8. The van der Waals surface area contributed by atoms with Crippen molar-refractivity contribution in [2.75, 3.05) is 26.8 Å². The van der Waals surface area contributed by atoms with Crippen LogP contribution < -0.4 is 0 Å². The summed E-state index contributed by atoms with van der Waals surface area (Å²) in [6.07, 6.45) is 3.48. The monoisotopic (exact) mass is 320 g/mol. The summed E-state index contributed by atoms with van der Waals surface area (Å²) in [6.45, 7) is 1.78. The van der Waals surface area contributed by atoms with Crippen molar-refractivity contribution < 1.29 is 9.53 Å². The zero-order valence-corrected chi connectivity index (χ0v) is 13.5. The van der Waals surface area contributed by atoms with Crippen LogP contribution in [0.15, 0.2) is 42.6 Å². The highest BCUT2D eigenvalue weighted by Gasteiger charge is 2.16. The van der Waals surface area contributed by atoms with Crippen molar-refractivity contribution in [3.8, 4) is 0 Å². The maximum atomic E-state index is 12.5. The average Bonchev–Trinajstić information content (AvgIpc) is 2.97. The van der Waals surface area contributed by atoms with Gasteiger partial charge in [0.1, 0.15) is 5.69 Å². The largest absolute Gasteiger partial charge is 0.383 e. The SMILES string of the molecule is COCCN(CCCc1ccccc1)C(=O)c1cc(Cl)c[nH]1. The van der Waals surface area contributed by atoms with Gasteiger partial charge in [-0.3, -0.25) is 4.79 Å². The molecule has 1 aromatic carbocycles. The highest BCUT2D eigenvalue weighted by Crippen LogP contribution is 2.12. The van der Waals surface area contributed by atoms with E-state index in [-0.39, 0.29) is 5.91 Å². The summed E-state index contributed by atoms with van der Waals surface area (Å²) in [6, 6.07) is 11.9. The van der Waals surface area contributed by atoms with Crippen LogP contribution in [0.1, 0.15) is 22.5 Å². The van der Waals surface area contributed by atoms with Gasteiger partial charge in [-0.15, -0.1) is 0 Å². The lowest BCUT2D eigenvalue weighted by molar-refractivity contribution is 0.0688. The van der Waals surface area contributed by atoms with Crippen LogP contribution >= 0.6 is 11.6 Å². The fourth-order valence-electron chi connectivity index (χ4n) is 2.30. The van der Waals surface area contributed by atoms with Crippen LogP contribution in [0.5, 0.6) is 0 Å². The minimum Gasteiger partial charge on any atom is -0.383 e. The summed E-state index contributed by atoms with van der Waals surface area (Å²) < 4.78 is 5.10. The van der Waals surface area contributed by atoms with Crippen molar-refractivity contribution in [2.24, 2.45) is 0 Å². The number of amides is 1. The Bertz CT molecular complexity index is 583. The predicted molar refractivity (Wildman–Crippen MR) is 88.3 cm³/mol. The molecule has 1 aromatic heterocycles. The second-order valence-electron chi connectivity index (χ2n) is 5.11. The minimum absolute atomic E-state index is 0.0444. The van der Waals surface area contributed by atoms with Crippen LogP contribution in [0.4, 0.5) is 0 Å². The Balaban J connectivity index is 1.92. The Morgan fingerprint density at radius 2 is 2.05 bits per heavy atom. The first kappa shape index (κ1) is 16.6. The van der Waals surface area contributed by atoms with E-state index in [0.717, 1.165) is 12.8 Å². The van der Waals surface area contributed by atoms with Gasteiger partial charge in [0, 0.05) is 26.4 Å². The van der Waals surface area contributed by atoms with Crippen LogP contribution in [-0.4, -0.2) is 42.6 Å². The molecule has 2 aromatic rings. The summed E-state index contributed by atoms with van der Waals surface area (Å²) >= 11 is 5.87. The number of H-pyrrole nitrogens is 1. The van der Waals surface area contributed by atoms with Gasteiger partial charge in [-0.1, -0.05) is 41.9 Å². The number of carbonyl (C=O) groups is 1. The van der Waals surface area contributed by atoms with Crippen LogP contribution in [0.25, 0.3) is 0 Å². The van der Waals surface area contributed by atoms with Gasteiger partial charge in [0.25, 0.3) is 5.91 Å². The van der Waals surface area contributed by atoms with Crippen molar-refractivity contribution in [3.63, 3.8) is 0 Å². The molecular formula is C17H21ClN2O2. The number of methoxy groups -OCH3 is 1. The van der Waals surface area contributed by atoms with E-state index in [1.54, 1.807) is 24.3 Å². The first-order valence-corrected chi connectivity index (χ1v) is 7.74. The molecule has 0 saturated carbocycles. The van der Waals surface area contributed by atoms with E-state index in [0.29, 0.717) is 30.4 Å². The Kier molecular flexibility index (Phi) is 6.49. The van der Waals surface area contributed by atoms with Crippen LogP contribution in [0.2, 0.25) is 5.02 Å². The molecule has 0 unspecified atom stereocenters. The molecule has 2 rings (SSSR count). The van der Waals surface area contributed by atoms with Crippen molar-refractivity contribution in [1.82, 2.24) is 9.88 Å². The molecule has 0 radical (unpaired) electrons. The van der Waals surface area contributed by atoms with Gasteiger partial charge < -0.3 is 14.6 Å². The quantitative estimate of drug-likeness (QED) is 0.810. The number of hydrogen-bond donors (Lipinski definition) is 1. The summed E-state index contributed by atoms with van der Waals surface area (Å²) in [5.74, 6) is -0.0444. The van der Waals surface area contributed by atoms with E-state index in [1.165, 1.54) is 5.56 Å². The molecule has 5 heteroatoms.